The van der Waals surface area contributed by atoms with Crippen molar-refractivity contribution in [1.82, 2.24) is 0 Å². The highest BCUT2D eigenvalue weighted by molar-refractivity contribution is 5.97. The van der Waals surface area contributed by atoms with Crippen LogP contribution in [0.4, 0.5) is 0 Å². The molecule has 3 aliphatic rings. The van der Waals surface area contributed by atoms with Gasteiger partial charge in [-0.3, -0.25) is 0 Å². The van der Waals surface area contributed by atoms with Crippen molar-refractivity contribution in [3.63, 3.8) is 0 Å². The summed E-state index contributed by atoms with van der Waals surface area (Å²) < 4.78 is 51.9. The lowest BCUT2D eigenvalue weighted by Crippen LogP contribution is -2.45. The Bertz CT molecular complexity index is 2100. The van der Waals surface area contributed by atoms with E-state index in [2.05, 4.69) is 13.5 Å². The van der Waals surface area contributed by atoms with E-state index in [-0.39, 0.29) is 18.6 Å². The van der Waals surface area contributed by atoms with Gasteiger partial charge in [-0.25, -0.2) is 14.4 Å². The summed E-state index contributed by atoms with van der Waals surface area (Å²) in [5.41, 5.74) is 1.08. The van der Waals surface area contributed by atoms with E-state index in [9.17, 15) is 14.4 Å². The predicted molar refractivity (Wildman–Crippen MR) is 229 cm³/mol. The van der Waals surface area contributed by atoms with Crippen molar-refractivity contribution >= 4 is 39.5 Å². The normalized spacial score (nSPS) is 20.1. The summed E-state index contributed by atoms with van der Waals surface area (Å²) in [6.45, 7) is 10.7. The molecule has 12 heteroatoms. The number of carbonyl (C=O) groups is 3. The fourth-order valence-corrected chi connectivity index (χ4v) is 7.82. The largest absolute Gasteiger partial charge is 0.494 e. The van der Waals surface area contributed by atoms with Gasteiger partial charge in [-0.1, -0.05) is 44.2 Å². The van der Waals surface area contributed by atoms with Gasteiger partial charge in [-0.05, 0) is 121 Å². The van der Waals surface area contributed by atoms with E-state index in [1.807, 2.05) is 54.6 Å². The molecule has 0 aromatic heterocycles. The first-order valence-electron chi connectivity index (χ1n) is 21.8. The van der Waals surface area contributed by atoms with Crippen molar-refractivity contribution in [2.75, 3.05) is 59.5 Å². The number of hydrogen-bond donors (Lipinski definition) is 0. The number of ether oxygens (including phenoxy) is 9. The Labute approximate surface area is 357 Å². The predicted octanol–water partition coefficient (Wildman–Crippen LogP) is 8.59. The average Bonchev–Trinajstić information content (AvgIpc) is 3.86. The van der Waals surface area contributed by atoms with Crippen LogP contribution in [0.25, 0.3) is 21.5 Å². The van der Waals surface area contributed by atoms with Gasteiger partial charge < -0.3 is 42.6 Å². The van der Waals surface area contributed by atoms with Crippen molar-refractivity contribution in [2.24, 2.45) is 5.41 Å². The van der Waals surface area contributed by atoms with Crippen LogP contribution >= 0.6 is 0 Å². The van der Waals surface area contributed by atoms with Gasteiger partial charge in [-0.2, -0.15) is 0 Å². The van der Waals surface area contributed by atoms with Crippen molar-refractivity contribution in [2.45, 2.75) is 89.1 Å². The van der Waals surface area contributed by atoms with Gasteiger partial charge in [0.2, 0.25) is 0 Å². The van der Waals surface area contributed by atoms with E-state index in [0.29, 0.717) is 30.9 Å². The molecule has 4 atom stereocenters. The molecule has 0 unspecified atom stereocenters. The van der Waals surface area contributed by atoms with Crippen LogP contribution in [0.5, 0.6) is 11.5 Å². The van der Waals surface area contributed by atoms with Gasteiger partial charge in [0.25, 0.3) is 0 Å². The number of unbranched alkanes of at least 4 members (excludes halogenated alkanes) is 6. The molecule has 61 heavy (non-hydrogen) atoms. The van der Waals surface area contributed by atoms with Crippen molar-refractivity contribution in [3.8, 4) is 11.5 Å². The lowest BCUT2D eigenvalue weighted by molar-refractivity contribution is -0.150. The second kappa shape index (κ2) is 21.7. The molecule has 3 saturated heterocycles. The van der Waals surface area contributed by atoms with Crippen LogP contribution in [0, 0.1) is 5.41 Å². The minimum absolute atomic E-state index is 0.137. The summed E-state index contributed by atoms with van der Waals surface area (Å²) in [7, 11) is 0. The SMILES string of the molecule is C=CC(=O)OCCCCCCOc1ccc2cc(C(=O)O[C@@H]3CO[C@H]4[C@@H]3OC[C@@H]4OC(=O)c3ccc4cc(OCCCCCCOCC5(CC)COC5)ccc4c3)ccc2c1. The van der Waals surface area contributed by atoms with Gasteiger partial charge in [0, 0.05) is 18.1 Å². The highest BCUT2D eigenvalue weighted by Gasteiger charge is 2.51. The number of benzene rings is 4. The third kappa shape index (κ3) is 11.9. The first-order valence-corrected chi connectivity index (χ1v) is 21.8. The zero-order valence-corrected chi connectivity index (χ0v) is 35.1. The number of hydrogen-bond acceptors (Lipinski definition) is 12. The first kappa shape index (κ1) is 44.1. The highest BCUT2D eigenvalue weighted by atomic mass is 16.7. The Balaban J connectivity index is 0.803. The van der Waals surface area contributed by atoms with E-state index in [1.54, 1.807) is 18.2 Å². The third-order valence-corrected chi connectivity index (χ3v) is 11.7. The summed E-state index contributed by atoms with van der Waals surface area (Å²) in [5.74, 6) is 0.194. The Morgan fingerprint density at radius 2 is 1.11 bits per heavy atom. The number of esters is 3. The van der Waals surface area contributed by atoms with Crippen LogP contribution in [0.1, 0.15) is 85.4 Å². The molecule has 0 aliphatic carbocycles. The Kier molecular flexibility index (Phi) is 15.7. The zero-order valence-electron chi connectivity index (χ0n) is 35.1. The molecule has 0 amide bonds. The summed E-state index contributed by atoms with van der Waals surface area (Å²) in [6, 6.07) is 22.5. The summed E-state index contributed by atoms with van der Waals surface area (Å²) in [6.07, 6.45) is 7.72. The monoisotopic (exact) mass is 838 g/mol. The molecule has 3 aliphatic heterocycles. The molecule has 7 rings (SSSR count). The molecule has 4 aromatic carbocycles. The van der Waals surface area contributed by atoms with Crippen molar-refractivity contribution < 1.29 is 57.0 Å². The first-order chi connectivity index (χ1) is 29.8. The van der Waals surface area contributed by atoms with Gasteiger partial charge >= 0.3 is 17.9 Å². The molecule has 0 radical (unpaired) electrons. The van der Waals surface area contributed by atoms with Crippen LogP contribution in [0.3, 0.4) is 0 Å². The molecular formula is C49H58O12. The number of carbonyl (C=O) groups excluding carboxylic acids is 3. The fraction of sp³-hybridized carbons (Fsp3) is 0.490. The van der Waals surface area contributed by atoms with Gasteiger partial charge in [0.15, 0.2) is 12.2 Å². The average molecular weight is 839 g/mol. The van der Waals surface area contributed by atoms with Gasteiger partial charge in [0.1, 0.15) is 23.7 Å². The van der Waals surface area contributed by atoms with E-state index in [1.165, 1.54) is 6.08 Å². The van der Waals surface area contributed by atoms with Crippen LogP contribution in [-0.4, -0.2) is 102 Å². The van der Waals surface area contributed by atoms with Crippen LogP contribution in [-0.2, 0) is 38.0 Å². The maximum absolute atomic E-state index is 13.3. The number of rotatable bonds is 24. The molecule has 326 valence electrons. The van der Waals surface area contributed by atoms with Crippen LogP contribution in [0.2, 0.25) is 0 Å². The standard InChI is InChI=1S/C49H58O12/c1-3-44(50)57-24-12-8-7-11-23-56-41-20-18-35-26-39(16-14-37(35)28-41)48(52)61-43-30-59-45-42(29-58-46(43)45)60-47(51)38-15-13-36-27-40(19-17-34(36)25-38)55-22-10-6-5-9-21-53-31-49(4-2)32-54-33-49/h3,13-20,25-28,42-43,45-46H,1,4-12,21-24,29-33H2,2H3/t42-,43+,45+,46+/m0/s1. The second-order valence-corrected chi connectivity index (χ2v) is 16.2. The molecule has 4 aromatic rings. The third-order valence-electron chi connectivity index (χ3n) is 11.7. The maximum atomic E-state index is 13.3. The van der Waals surface area contributed by atoms with E-state index >= 15 is 0 Å². The molecule has 0 saturated carbocycles. The lowest BCUT2D eigenvalue weighted by Gasteiger charge is -2.40. The maximum Gasteiger partial charge on any atom is 0.338 e. The smallest absolute Gasteiger partial charge is 0.338 e. The molecule has 12 nitrogen and oxygen atoms in total. The van der Waals surface area contributed by atoms with Crippen LogP contribution in [0.15, 0.2) is 85.5 Å². The Hall–Kier alpha value is -5.01. The highest BCUT2D eigenvalue weighted by Crippen LogP contribution is 2.33. The van der Waals surface area contributed by atoms with E-state index in [4.69, 9.17) is 42.6 Å². The fourth-order valence-electron chi connectivity index (χ4n) is 7.82. The summed E-state index contributed by atoms with van der Waals surface area (Å²) in [4.78, 5) is 37.7. The van der Waals surface area contributed by atoms with Crippen molar-refractivity contribution in [1.29, 1.82) is 0 Å². The zero-order chi connectivity index (χ0) is 42.4. The molecule has 3 heterocycles. The Morgan fingerprint density at radius 3 is 1.59 bits per heavy atom. The van der Waals surface area contributed by atoms with E-state index < -0.39 is 42.3 Å². The summed E-state index contributed by atoms with van der Waals surface area (Å²) >= 11 is 0. The van der Waals surface area contributed by atoms with Gasteiger partial charge in [0.05, 0.1) is 64.0 Å². The lowest BCUT2D eigenvalue weighted by atomic mass is 9.84. The minimum Gasteiger partial charge on any atom is -0.494 e. The van der Waals surface area contributed by atoms with Gasteiger partial charge in [-0.15, -0.1) is 0 Å². The van der Waals surface area contributed by atoms with E-state index in [0.717, 1.165) is 117 Å². The molecule has 0 spiro atoms. The molecular weight excluding hydrogens is 781 g/mol. The minimum atomic E-state index is -0.641. The Morgan fingerprint density at radius 1 is 0.639 bits per heavy atom. The summed E-state index contributed by atoms with van der Waals surface area (Å²) in [5, 5.41) is 3.68. The topological polar surface area (TPSA) is 134 Å². The number of fused-ring (bicyclic) bond motifs is 3. The second-order valence-electron chi connectivity index (χ2n) is 16.2. The molecule has 0 N–H and O–H groups in total. The van der Waals surface area contributed by atoms with Crippen molar-refractivity contribution in [3.05, 3.63) is 96.6 Å². The molecule has 3 fully saturated rings. The van der Waals surface area contributed by atoms with Crippen LogP contribution < -0.4 is 9.47 Å². The quantitative estimate of drug-likeness (QED) is 0.0290. The molecule has 0 bridgehead atoms.